The summed E-state index contributed by atoms with van der Waals surface area (Å²) in [5, 5.41) is 11.2. The molecule has 158 valence electrons. The third kappa shape index (κ3) is 4.75. The van der Waals surface area contributed by atoms with Gasteiger partial charge >= 0.3 is 0 Å². The van der Waals surface area contributed by atoms with Crippen LogP contribution in [0.25, 0.3) is 15.9 Å². The maximum absolute atomic E-state index is 12.6. The number of nitrogens with one attached hydrogen (secondary N) is 2. The molecule has 7 nitrogen and oxygen atoms in total. The van der Waals surface area contributed by atoms with Gasteiger partial charge in [-0.1, -0.05) is 24.3 Å². The average Bonchev–Trinajstić information content (AvgIpc) is 3.32. The number of aromatic nitrogens is 2. The van der Waals surface area contributed by atoms with Crippen LogP contribution in [0.1, 0.15) is 22.3 Å². The first-order valence-electron chi connectivity index (χ1n) is 9.84. The summed E-state index contributed by atoms with van der Waals surface area (Å²) in [6.07, 6.45) is 0. The summed E-state index contributed by atoms with van der Waals surface area (Å²) in [6.45, 7) is 4.08. The Balaban J connectivity index is 1.38. The van der Waals surface area contributed by atoms with Gasteiger partial charge in [-0.2, -0.15) is 5.10 Å². The normalized spacial score (nSPS) is 10.8. The van der Waals surface area contributed by atoms with Crippen molar-refractivity contribution in [3.63, 3.8) is 0 Å². The number of ether oxygens (including phenoxy) is 1. The molecule has 0 atom stereocenters. The number of aryl methyl sites for hydroxylation is 1. The molecule has 0 saturated carbocycles. The second kappa shape index (κ2) is 9.01. The van der Waals surface area contributed by atoms with E-state index in [9.17, 15) is 9.59 Å². The highest BCUT2D eigenvalue weighted by molar-refractivity contribution is 7.20. The molecule has 0 aliphatic carbocycles. The van der Waals surface area contributed by atoms with E-state index in [1.165, 1.54) is 18.3 Å². The molecule has 8 heteroatoms. The molecule has 31 heavy (non-hydrogen) atoms. The third-order valence-corrected chi connectivity index (χ3v) is 5.69. The van der Waals surface area contributed by atoms with Crippen LogP contribution in [0.3, 0.4) is 0 Å². The van der Waals surface area contributed by atoms with E-state index < -0.39 is 0 Å². The fourth-order valence-corrected chi connectivity index (χ4v) is 4.29. The first-order chi connectivity index (χ1) is 15.0. The van der Waals surface area contributed by atoms with Crippen LogP contribution in [-0.2, 0) is 4.79 Å². The Bertz CT molecular complexity index is 1230. The summed E-state index contributed by atoms with van der Waals surface area (Å²) < 4.78 is 7.55. The van der Waals surface area contributed by atoms with Crippen LogP contribution in [0.4, 0.5) is 5.69 Å². The van der Waals surface area contributed by atoms with E-state index in [4.69, 9.17) is 4.74 Å². The van der Waals surface area contributed by atoms with Gasteiger partial charge in [0.25, 0.3) is 5.91 Å². The van der Waals surface area contributed by atoms with Crippen molar-refractivity contribution in [3.8, 4) is 11.4 Å². The van der Waals surface area contributed by atoms with Gasteiger partial charge in [0.05, 0.1) is 22.8 Å². The smallest absolute Gasteiger partial charge is 0.261 e. The molecule has 4 rings (SSSR count). The van der Waals surface area contributed by atoms with Crippen LogP contribution < -0.4 is 15.4 Å². The SMILES string of the molecule is CC(=O)Nc1cccc(OCCNC(=O)c2cc3c(C)nn(-c4ccccc4)c3s2)c1. The summed E-state index contributed by atoms with van der Waals surface area (Å²) in [5.41, 5.74) is 2.52. The Hall–Kier alpha value is -3.65. The minimum absolute atomic E-state index is 0.140. The quantitative estimate of drug-likeness (QED) is 0.428. The molecule has 0 radical (unpaired) electrons. The zero-order valence-electron chi connectivity index (χ0n) is 17.2. The molecule has 0 unspecified atom stereocenters. The van der Waals surface area contributed by atoms with Crippen molar-refractivity contribution in [2.24, 2.45) is 0 Å². The Labute approximate surface area is 183 Å². The molecule has 0 aliphatic heterocycles. The number of fused-ring (bicyclic) bond motifs is 1. The number of thiophene rings is 1. The molecule has 4 aromatic rings. The molecule has 0 fully saturated rings. The summed E-state index contributed by atoms with van der Waals surface area (Å²) in [7, 11) is 0. The Morgan fingerprint density at radius 2 is 1.90 bits per heavy atom. The van der Waals surface area contributed by atoms with Gasteiger partial charge in [-0.15, -0.1) is 11.3 Å². The van der Waals surface area contributed by atoms with E-state index in [1.54, 1.807) is 24.3 Å². The maximum Gasteiger partial charge on any atom is 0.261 e. The minimum Gasteiger partial charge on any atom is -0.492 e. The van der Waals surface area contributed by atoms with Gasteiger partial charge in [0.1, 0.15) is 17.2 Å². The van der Waals surface area contributed by atoms with Crippen molar-refractivity contribution in [1.82, 2.24) is 15.1 Å². The van der Waals surface area contributed by atoms with Gasteiger partial charge in [0, 0.05) is 24.1 Å². The van der Waals surface area contributed by atoms with Crippen LogP contribution in [-0.4, -0.2) is 34.7 Å². The highest BCUT2D eigenvalue weighted by atomic mass is 32.1. The number of carbonyl (C=O) groups is 2. The van der Waals surface area contributed by atoms with Crippen LogP contribution >= 0.6 is 11.3 Å². The first-order valence-corrected chi connectivity index (χ1v) is 10.7. The van der Waals surface area contributed by atoms with Crippen molar-refractivity contribution >= 4 is 39.1 Å². The van der Waals surface area contributed by atoms with Crippen LogP contribution in [0.15, 0.2) is 60.7 Å². The highest BCUT2D eigenvalue weighted by Gasteiger charge is 2.17. The van der Waals surface area contributed by atoms with Gasteiger partial charge in [-0.05, 0) is 37.3 Å². The number of nitrogens with zero attached hydrogens (tertiary/aromatic N) is 2. The zero-order chi connectivity index (χ0) is 21.8. The maximum atomic E-state index is 12.6. The van der Waals surface area contributed by atoms with Gasteiger partial charge in [-0.25, -0.2) is 4.68 Å². The summed E-state index contributed by atoms with van der Waals surface area (Å²) in [5.74, 6) is 0.343. The van der Waals surface area contributed by atoms with E-state index in [0.29, 0.717) is 29.5 Å². The average molecular weight is 435 g/mol. The predicted octanol–water partition coefficient (Wildman–Crippen LogP) is 4.16. The lowest BCUT2D eigenvalue weighted by Gasteiger charge is -2.09. The van der Waals surface area contributed by atoms with E-state index in [-0.39, 0.29) is 11.8 Å². The van der Waals surface area contributed by atoms with Crippen LogP contribution in [0, 0.1) is 6.92 Å². The van der Waals surface area contributed by atoms with Gasteiger partial charge in [0.2, 0.25) is 5.91 Å². The number of amides is 2. The van der Waals surface area contributed by atoms with E-state index in [2.05, 4.69) is 15.7 Å². The fourth-order valence-electron chi connectivity index (χ4n) is 3.19. The molecule has 2 aromatic carbocycles. The van der Waals surface area contributed by atoms with E-state index in [1.807, 2.05) is 48.0 Å². The van der Waals surface area contributed by atoms with Crippen LogP contribution in [0.2, 0.25) is 0 Å². The zero-order valence-corrected chi connectivity index (χ0v) is 18.0. The van der Waals surface area contributed by atoms with Gasteiger partial charge in [-0.3, -0.25) is 9.59 Å². The molecule has 0 saturated heterocycles. The number of hydrogen-bond acceptors (Lipinski definition) is 5. The van der Waals surface area contributed by atoms with E-state index in [0.717, 1.165) is 21.6 Å². The number of para-hydroxylation sites is 1. The van der Waals surface area contributed by atoms with Crippen LogP contribution in [0.5, 0.6) is 5.75 Å². The Kier molecular flexibility index (Phi) is 5.99. The summed E-state index contributed by atoms with van der Waals surface area (Å²) in [4.78, 5) is 25.4. The summed E-state index contributed by atoms with van der Waals surface area (Å²) >= 11 is 1.42. The largest absolute Gasteiger partial charge is 0.492 e. The third-order valence-electron chi connectivity index (χ3n) is 4.58. The van der Waals surface area contributed by atoms with Crippen molar-refractivity contribution in [2.45, 2.75) is 13.8 Å². The fraction of sp³-hybridized carbons (Fsp3) is 0.174. The van der Waals surface area contributed by atoms with Crippen molar-refractivity contribution < 1.29 is 14.3 Å². The second-order valence-electron chi connectivity index (χ2n) is 6.98. The van der Waals surface area contributed by atoms with Gasteiger partial charge < -0.3 is 15.4 Å². The lowest BCUT2D eigenvalue weighted by atomic mass is 10.3. The molecule has 2 heterocycles. The molecule has 0 spiro atoms. The number of rotatable bonds is 7. The number of hydrogen-bond donors (Lipinski definition) is 2. The lowest BCUT2D eigenvalue weighted by Crippen LogP contribution is -2.27. The number of benzene rings is 2. The van der Waals surface area contributed by atoms with Gasteiger partial charge in [0.15, 0.2) is 0 Å². The standard InChI is InChI=1S/C23H22N4O3S/c1-15-20-14-21(31-23(20)27(26-15)18-8-4-3-5-9-18)22(29)24-11-12-30-19-10-6-7-17(13-19)25-16(2)28/h3-10,13-14H,11-12H2,1-2H3,(H,24,29)(H,25,28). The van der Waals surface area contributed by atoms with Crippen molar-refractivity contribution in [2.75, 3.05) is 18.5 Å². The number of anilines is 1. The molecule has 2 N–H and O–H groups in total. The molecular formula is C23H22N4O3S. The molecule has 2 aromatic heterocycles. The molecule has 0 bridgehead atoms. The van der Waals surface area contributed by atoms with Crippen molar-refractivity contribution in [3.05, 3.63) is 71.2 Å². The number of carbonyl (C=O) groups excluding carboxylic acids is 2. The molecule has 0 aliphatic rings. The first kappa shape index (κ1) is 20.6. The second-order valence-corrected chi connectivity index (χ2v) is 8.01. The highest BCUT2D eigenvalue weighted by Crippen LogP contribution is 2.30. The van der Waals surface area contributed by atoms with E-state index >= 15 is 0 Å². The topological polar surface area (TPSA) is 85.2 Å². The Morgan fingerprint density at radius 1 is 1.10 bits per heavy atom. The summed E-state index contributed by atoms with van der Waals surface area (Å²) in [6, 6.07) is 18.9. The lowest BCUT2D eigenvalue weighted by molar-refractivity contribution is -0.114. The minimum atomic E-state index is -0.143. The molecule has 2 amide bonds. The molecular weight excluding hydrogens is 412 g/mol. The Morgan fingerprint density at radius 3 is 2.68 bits per heavy atom. The van der Waals surface area contributed by atoms with Crippen molar-refractivity contribution in [1.29, 1.82) is 0 Å². The monoisotopic (exact) mass is 434 g/mol. The predicted molar refractivity (Wildman–Crippen MR) is 122 cm³/mol.